The highest BCUT2D eigenvalue weighted by Gasteiger charge is 2.40. The van der Waals surface area contributed by atoms with Crippen LogP contribution < -0.4 is 4.74 Å². The summed E-state index contributed by atoms with van der Waals surface area (Å²) in [4.78, 5) is 25.2. The predicted octanol–water partition coefficient (Wildman–Crippen LogP) is 1.41. The van der Waals surface area contributed by atoms with E-state index in [-0.39, 0.29) is 31.8 Å². The first-order valence-electron chi connectivity index (χ1n) is 7.39. The first-order chi connectivity index (χ1) is 11.0. The fraction of sp³-hybridized carbons (Fsp3) is 0.294. The average molecular weight is 315 g/mol. The van der Waals surface area contributed by atoms with E-state index < -0.39 is 11.6 Å². The molecule has 2 heterocycles. The van der Waals surface area contributed by atoms with Crippen molar-refractivity contribution in [1.82, 2.24) is 4.90 Å². The van der Waals surface area contributed by atoms with Crippen molar-refractivity contribution in [3.05, 3.63) is 47.7 Å². The molecule has 2 N–H and O–H groups in total. The maximum absolute atomic E-state index is 12.6. The number of carboxylic acids is 1. The van der Waals surface area contributed by atoms with Crippen LogP contribution in [0.15, 0.2) is 42.2 Å². The Hall–Kier alpha value is -2.60. The molecular weight excluding hydrogens is 298 g/mol. The number of benzene rings is 1. The number of aliphatic hydroxyl groups is 1. The van der Waals surface area contributed by atoms with Crippen LogP contribution in [0.1, 0.15) is 18.4 Å². The molecule has 0 saturated carbocycles. The van der Waals surface area contributed by atoms with Crippen LogP contribution in [0.2, 0.25) is 0 Å². The molecule has 3 rings (SSSR count). The zero-order valence-electron chi connectivity index (χ0n) is 12.4. The van der Waals surface area contributed by atoms with Crippen molar-refractivity contribution in [2.75, 3.05) is 13.1 Å². The molecule has 1 amide bonds. The summed E-state index contributed by atoms with van der Waals surface area (Å²) in [7, 11) is 0. The van der Waals surface area contributed by atoms with Gasteiger partial charge in [-0.25, -0.2) is 4.79 Å². The highest BCUT2D eigenvalue weighted by molar-refractivity contribution is 6.01. The Labute approximate surface area is 133 Å². The second-order valence-electron chi connectivity index (χ2n) is 5.69. The van der Waals surface area contributed by atoms with E-state index >= 15 is 0 Å². The Morgan fingerprint density at radius 3 is 2.57 bits per heavy atom. The van der Waals surface area contributed by atoms with E-state index in [2.05, 4.69) is 0 Å². The molecule has 0 atom stereocenters. The second-order valence-corrected chi connectivity index (χ2v) is 5.69. The molecule has 1 saturated heterocycles. The number of hydrogen-bond acceptors (Lipinski definition) is 4. The van der Waals surface area contributed by atoms with Gasteiger partial charge in [0.15, 0.2) is 5.60 Å². The molecular formula is C17H17NO5. The second kappa shape index (κ2) is 5.89. The molecule has 0 bridgehead atoms. The summed E-state index contributed by atoms with van der Waals surface area (Å²) in [5, 5.41) is 19.0. The summed E-state index contributed by atoms with van der Waals surface area (Å²) in [5.74, 6) is -0.764. The topological polar surface area (TPSA) is 87.1 Å². The van der Waals surface area contributed by atoms with Gasteiger partial charge in [0.05, 0.1) is 6.26 Å². The van der Waals surface area contributed by atoms with Crippen molar-refractivity contribution in [2.45, 2.75) is 18.4 Å². The fourth-order valence-corrected chi connectivity index (χ4v) is 2.71. The van der Waals surface area contributed by atoms with Crippen LogP contribution >= 0.6 is 0 Å². The van der Waals surface area contributed by atoms with Gasteiger partial charge >= 0.3 is 5.97 Å². The third-order valence-corrected chi connectivity index (χ3v) is 4.20. The van der Waals surface area contributed by atoms with Crippen LogP contribution in [0.25, 0.3) is 6.08 Å². The van der Waals surface area contributed by atoms with Crippen molar-refractivity contribution in [2.24, 2.45) is 0 Å². The Balaban J connectivity index is 1.77. The van der Waals surface area contributed by atoms with Gasteiger partial charge in [0, 0.05) is 37.1 Å². The third kappa shape index (κ3) is 2.98. The molecule has 1 aromatic rings. The van der Waals surface area contributed by atoms with E-state index in [0.717, 1.165) is 5.56 Å². The molecule has 6 heteroatoms. The lowest BCUT2D eigenvalue weighted by molar-refractivity contribution is -0.164. The number of piperidine rings is 1. The molecule has 0 radical (unpaired) electrons. The highest BCUT2D eigenvalue weighted by Crippen LogP contribution is 2.27. The number of carboxylic acid groups (broad SMARTS) is 1. The minimum atomic E-state index is -1.74. The normalized spacial score (nSPS) is 19.2. The van der Waals surface area contributed by atoms with Gasteiger partial charge in [-0.1, -0.05) is 18.2 Å². The quantitative estimate of drug-likeness (QED) is 0.862. The molecule has 23 heavy (non-hydrogen) atoms. The van der Waals surface area contributed by atoms with Crippen LogP contribution in [-0.4, -0.2) is 45.7 Å². The first kappa shape index (κ1) is 15.3. The van der Waals surface area contributed by atoms with E-state index in [1.54, 1.807) is 17.1 Å². The lowest BCUT2D eigenvalue weighted by atomic mass is 9.91. The molecule has 2 aliphatic rings. The number of amides is 1. The van der Waals surface area contributed by atoms with Crippen molar-refractivity contribution in [3.63, 3.8) is 0 Å². The summed E-state index contributed by atoms with van der Waals surface area (Å²) in [6.45, 7) is 0.407. The van der Waals surface area contributed by atoms with Crippen molar-refractivity contribution in [3.8, 4) is 5.75 Å². The van der Waals surface area contributed by atoms with Gasteiger partial charge in [0.2, 0.25) is 0 Å². The van der Waals surface area contributed by atoms with Gasteiger partial charge in [-0.05, 0) is 18.2 Å². The van der Waals surface area contributed by atoms with Crippen LogP contribution in [-0.2, 0) is 9.59 Å². The Morgan fingerprint density at radius 2 is 1.87 bits per heavy atom. The van der Waals surface area contributed by atoms with Gasteiger partial charge in [-0.3, -0.25) is 4.79 Å². The minimum absolute atomic E-state index is 0.0259. The van der Waals surface area contributed by atoms with E-state index in [1.165, 1.54) is 6.26 Å². The Kier molecular flexibility index (Phi) is 3.92. The van der Waals surface area contributed by atoms with E-state index in [4.69, 9.17) is 9.84 Å². The number of para-hydroxylation sites is 1. The van der Waals surface area contributed by atoms with Crippen LogP contribution in [0.3, 0.4) is 0 Å². The Bertz CT molecular complexity index is 699. The van der Waals surface area contributed by atoms with Gasteiger partial charge in [0.1, 0.15) is 5.75 Å². The van der Waals surface area contributed by atoms with Crippen LogP contribution in [0, 0.1) is 0 Å². The number of aliphatic carboxylic acids is 1. The summed E-state index contributed by atoms with van der Waals surface area (Å²) >= 11 is 0. The number of hydrogen-bond donors (Lipinski definition) is 2. The standard InChI is InChI=1S/C17H17NO5/c19-15(18-8-6-17(22,7-9-18)16(20)21)13-5-10-23-14-4-2-1-3-12(14)11-13/h1-5,10-11,22H,6-9H2,(H,20,21). The number of rotatable bonds is 2. The van der Waals surface area contributed by atoms with Gasteiger partial charge < -0.3 is 19.8 Å². The lowest BCUT2D eigenvalue weighted by Gasteiger charge is -2.35. The van der Waals surface area contributed by atoms with Gasteiger partial charge in [-0.2, -0.15) is 0 Å². The van der Waals surface area contributed by atoms with Crippen molar-refractivity contribution in [1.29, 1.82) is 0 Å². The Morgan fingerprint density at radius 1 is 1.17 bits per heavy atom. The maximum Gasteiger partial charge on any atom is 0.335 e. The minimum Gasteiger partial charge on any atom is -0.479 e. The summed E-state index contributed by atoms with van der Waals surface area (Å²) in [6.07, 6.45) is 4.86. The lowest BCUT2D eigenvalue weighted by Crippen LogP contribution is -2.51. The molecule has 0 aliphatic carbocycles. The zero-order valence-corrected chi connectivity index (χ0v) is 12.4. The molecule has 0 spiro atoms. The zero-order chi connectivity index (χ0) is 16.4. The summed E-state index contributed by atoms with van der Waals surface area (Å²) in [5.41, 5.74) is -0.462. The largest absolute Gasteiger partial charge is 0.479 e. The molecule has 0 unspecified atom stereocenters. The van der Waals surface area contributed by atoms with Crippen molar-refractivity contribution < 1.29 is 24.5 Å². The van der Waals surface area contributed by atoms with E-state index in [9.17, 15) is 14.7 Å². The number of carbonyl (C=O) groups excluding carboxylic acids is 1. The number of ether oxygens (including phenoxy) is 1. The van der Waals surface area contributed by atoms with Crippen molar-refractivity contribution >= 4 is 18.0 Å². The number of likely N-dealkylation sites (tertiary alicyclic amines) is 1. The maximum atomic E-state index is 12.6. The molecule has 1 fully saturated rings. The van der Waals surface area contributed by atoms with Gasteiger partial charge in [0.25, 0.3) is 5.91 Å². The number of carbonyl (C=O) groups is 2. The van der Waals surface area contributed by atoms with E-state index in [0.29, 0.717) is 11.3 Å². The summed E-state index contributed by atoms with van der Waals surface area (Å²) < 4.78 is 5.46. The average Bonchev–Trinajstić information content (AvgIpc) is 2.77. The molecule has 2 aliphatic heterocycles. The van der Waals surface area contributed by atoms with Gasteiger partial charge in [-0.15, -0.1) is 0 Å². The SMILES string of the molecule is O=C(C1=Cc2ccccc2OC=C1)N1CCC(O)(C(=O)O)CC1. The van der Waals surface area contributed by atoms with Crippen LogP contribution in [0.5, 0.6) is 5.75 Å². The summed E-state index contributed by atoms with van der Waals surface area (Å²) in [6, 6.07) is 7.39. The number of fused-ring (bicyclic) bond motifs is 1. The van der Waals surface area contributed by atoms with Crippen LogP contribution in [0.4, 0.5) is 0 Å². The molecule has 1 aromatic carbocycles. The highest BCUT2D eigenvalue weighted by atomic mass is 16.5. The monoisotopic (exact) mass is 315 g/mol. The fourth-order valence-electron chi connectivity index (χ4n) is 2.71. The number of nitrogens with zero attached hydrogens (tertiary/aromatic N) is 1. The first-order valence-corrected chi connectivity index (χ1v) is 7.39. The molecule has 120 valence electrons. The molecule has 0 aromatic heterocycles. The predicted molar refractivity (Wildman–Crippen MR) is 82.6 cm³/mol. The molecule has 6 nitrogen and oxygen atoms in total. The third-order valence-electron chi connectivity index (χ3n) is 4.20. The van der Waals surface area contributed by atoms with E-state index in [1.807, 2.05) is 24.3 Å². The smallest absolute Gasteiger partial charge is 0.335 e.